The van der Waals surface area contributed by atoms with E-state index in [2.05, 4.69) is 51.6 Å². The Bertz CT molecular complexity index is 1170. The van der Waals surface area contributed by atoms with Crippen molar-refractivity contribution in [1.82, 2.24) is 18.8 Å². The Balaban J connectivity index is 1.13. The number of hydrogen-bond donors (Lipinski definition) is 0. The molecular weight excluding hydrogens is 392 g/mol. The van der Waals surface area contributed by atoms with E-state index in [4.69, 9.17) is 0 Å². The van der Waals surface area contributed by atoms with Crippen LogP contribution in [-0.4, -0.2) is 51.5 Å². The van der Waals surface area contributed by atoms with E-state index >= 15 is 0 Å². The summed E-state index contributed by atoms with van der Waals surface area (Å²) in [4.78, 5) is 19.2. The molecule has 1 aliphatic heterocycles. The molecule has 5 rings (SSSR count). The molecule has 0 N–H and O–H groups in total. The van der Waals surface area contributed by atoms with E-state index in [1.807, 2.05) is 27.3 Å². The van der Waals surface area contributed by atoms with Crippen LogP contribution in [0, 0.1) is 0 Å². The number of thiophene rings is 1. The van der Waals surface area contributed by atoms with Gasteiger partial charge in [-0.05, 0) is 48.5 Å². The zero-order chi connectivity index (χ0) is 20.3. The van der Waals surface area contributed by atoms with Gasteiger partial charge in [0.05, 0.1) is 5.52 Å². The van der Waals surface area contributed by atoms with Crippen LogP contribution in [0.25, 0.3) is 15.9 Å². The van der Waals surface area contributed by atoms with Gasteiger partial charge in [-0.25, -0.2) is 0 Å². The maximum absolute atomic E-state index is 12.9. The smallest absolute Gasteiger partial charge is 0.275 e. The van der Waals surface area contributed by atoms with Gasteiger partial charge in [-0.3, -0.25) is 9.69 Å². The molecule has 4 aromatic rings. The van der Waals surface area contributed by atoms with E-state index in [1.54, 1.807) is 11.3 Å². The fraction of sp³-hybridized carbons (Fsp3) is 0.375. The summed E-state index contributed by atoms with van der Waals surface area (Å²) in [6, 6.07) is 16.7. The van der Waals surface area contributed by atoms with E-state index < -0.39 is 0 Å². The Morgan fingerprint density at radius 2 is 1.57 bits per heavy atom. The van der Waals surface area contributed by atoms with E-state index in [-0.39, 0.29) is 5.56 Å². The number of aromatic nitrogens is 2. The van der Waals surface area contributed by atoms with Crippen LogP contribution in [0.1, 0.15) is 18.4 Å². The topological polar surface area (TPSA) is 32.9 Å². The monoisotopic (exact) mass is 420 g/mol. The van der Waals surface area contributed by atoms with Crippen molar-refractivity contribution in [3.05, 3.63) is 76.0 Å². The number of nitrogens with zero attached hydrogens (tertiary/aromatic N) is 4. The van der Waals surface area contributed by atoms with E-state index in [1.165, 1.54) is 5.56 Å². The van der Waals surface area contributed by atoms with Crippen LogP contribution in [0.2, 0.25) is 0 Å². The standard InChI is InChI=1S/C24H28N4OS/c29-23-21-9-6-13-28(21)24-22(10-18-30-24)27(23)12-5-4-11-25-14-16-26(17-15-25)19-20-7-2-1-3-8-20/h1-3,6-10,13,18H,4-5,11-12,14-17,19H2. The van der Waals surface area contributed by atoms with Crippen molar-refractivity contribution in [1.29, 1.82) is 0 Å². The number of benzene rings is 1. The van der Waals surface area contributed by atoms with E-state index in [9.17, 15) is 4.79 Å². The molecule has 1 aromatic carbocycles. The van der Waals surface area contributed by atoms with Crippen molar-refractivity contribution >= 4 is 27.2 Å². The third kappa shape index (κ3) is 3.95. The lowest BCUT2D eigenvalue weighted by Crippen LogP contribution is -2.46. The summed E-state index contributed by atoms with van der Waals surface area (Å²) in [5, 5.41) is 2.08. The molecule has 0 atom stereocenters. The predicted octanol–water partition coefficient (Wildman–Crippen LogP) is 3.91. The van der Waals surface area contributed by atoms with Crippen molar-refractivity contribution in [3.8, 4) is 0 Å². The van der Waals surface area contributed by atoms with Gasteiger partial charge in [-0.1, -0.05) is 30.3 Å². The highest BCUT2D eigenvalue weighted by Crippen LogP contribution is 2.21. The van der Waals surface area contributed by atoms with Crippen LogP contribution >= 0.6 is 11.3 Å². The molecule has 0 amide bonds. The highest BCUT2D eigenvalue weighted by molar-refractivity contribution is 7.16. The average molecular weight is 421 g/mol. The lowest BCUT2D eigenvalue weighted by Gasteiger charge is -2.34. The van der Waals surface area contributed by atoms with Gasteiger partial charge in [0.2, 0.25) is 0 Å². The minimum Gasteiger partial charge on any atom is -0.304 e. The van der Waals surface area contributed by atoms with Crippen LogP contribution in [0.3, 0.4) is 0 Å². The number of hydrogen-bond acceptors (Lipinski definition) is 4. The molecule has 0 unspecified atom stereocenters. The molecule has 6 heteroatoms. The second-order valence-corrected chi connectivity index (χ2v) is 9.04. The largest absolute Gasteiger partial charge is 0.304 e. The SMILES string of the molecule is O=c1c2cccn2c2sccc2n1CCCCN1CCN(Cc2ccccc2)CC1. The maximum Gasteiger partial charge on any atom is 0.275 e. The molecule has 4 heterocycles. The second-order valence-electron chi connectivity index (χ2n) is 8.14. The lowest BCUT2D eigenvalue weighted by atomic mass is 10.2. The Kier molecular flexibility index (Phi) is 5.71. The first-order chi connectivity index (χ1) is 14.8. The fourth-order valence-electron chi connectivity index (χ4n) is 4.50. The molecule has 0 radical (unpaired) electrons. The lowest BCUT2D eigenvalue weighted by molar-refractivity contribution is 0.125. The normalized spacial score (nSPS) is 16.0. The van der Waals surface area contributed by atoms with Crippen molar-refractivity contribution in [2.45, 2.75) is 25.9 Å². The molecule has 5 nitrogen and oxygen atoms in total. The van der Waals surface area contributed by atoms with E-state index in [0.29, 0.717) is 0 Å². The molecule has 1 aliphatic rings. The molecule has 0 saturated carbocycles. The van der Waals surface area contributed by atoms with Crippen molar-refractivity contribution < 1.29 is 0 Å². The van der Waals surface area contributed by atoms with Crippen LogP contribution in [0.15, 0.2) is 64.9 Å². The van der Waals surface area contributed by atoms with Crippen molar-refractivity contribution in [3.63, 3.8) is 0 Å². The Morgan fingerprint density at radius 1 is 0.800 bits per heavy atom. The number of fused-ring (bicyclic) bond motifs is 3. The third-order valence-electron chi connectivity index (χ3n) is 6.17. The van der Waals surface area contributed by atoms with Gasteiger partial charge in [0.1, 0.15) is 10.3 Å². The zero-order valence-electron chi connectivity index (χ0n) is 17.2. The third-order valence-corrected chi connectivity index (χ3v) is 7.07. The zero-order valence-corrected chi connectivity index (χ0v) is 18.1. The first kappa shape index (κ1) is 19.5. The van der Waals surface area contributed by atoms with Crippen LogP contribution in [-0.2, 0) is 13.1 Å². The molecule has 0 aliphatic carbocycles. The number of rotatable bonds is 7. The summed E-state index contributed by atoms with van der Waals surface area (Å²) in [6.07, 6.45) is 4.15. The molecule has 0 spiro atoms. The van der Waals surface area contributed by atoms with Crippen LogP contribution in [0.5, 0.6) is 0 Å². The molecule has 0 bridgehead atoms. The van der Waals surface area contributed by atoms with Gasteiger partial charge in [0, 0.05) is 45.5 Å². The summed E-state index contributed by atoms with van der Waals surface area (Å²) in [5.41, 5.74) is 3.36. The molecule has 1 fully saturated rings. The van der Waals surface area contributed by atoms with E-state index in [0.717, 1.165) is 74.5 Å². The average Bonchev–Trinajstić information content (AvgIpc) is 3.45. The van der Waals surface area contributed by atoms with Crippen LogP contribution < -0.4 is 5.56 Å². The fourth-order valence-corrected chi connectivity index (χ4v) is 5.40. The first-order valence-electron chi connectivity index (χ1n) is 10.9. The maximum atomic E-state index is 12.9. The second kappa shape index (κ2) is 8.76. The quantitative estimate of drug-likeness (QED) is 0.425. The highest BCUT2D eigenvalue weighted by Gasteiger charge is 2.17. The Labute approximate surface area is 180 Å². The molecule has 30 heavy (non-hydrogen) atoms. The minimum atomic E-state index is 0.125. The van der Waals surface area contributed by atoms with Gasteiger partial charge < -0.3 is 13.9 Å². The van der Waals surface area contributed by atoms with Gasteiger partial charge in [-0.15, -0.1) is 11.3 Å². The highest BCUT2D eigenvalue weighted by atomic mass is 32.1. The van der Waals surface area contributed by atoms with Gasteiger partial charge in [-0.2, -0.15) is 0 Å². The molecule has 1 saturated heterocycles. The molecule has 156 valence electrons. The number of unbranched alkanes of at least 4 members (excludes halogenated alkanes) is 1. The summed E-state index contributed by atoms with van der Waals surface area (Å²) in [6.45, 7) is 7.51. The minimum absolute atomic E-state index is 0.125. The van der Waals surface area contributed by atoms with Crippen molar-refractivity contribution in [2.75, 3.05) is 32.7 Å². The Morgan fingerprint density at radius 3 is 2.40 bits per heavy atom. The first-order valence-corrected chi connectivity index (χ1v) is 11.7. The van der Waals surface area contributed by atoms with Gasteiger partial charge >= 0.3 is 0 Å². The Hall–Kier alpha value is -2.41. The summed E-state index contributed by atoms with van der Waals surface area (Å²) >= 11 is 1.70. The number of piperazine rings is 1. The van der Waals surface area contributed by atoms with Gasteiger partial charge in [0.15, 0.2) is 0 Å². The van der Waals surface area contributed by atoms with Gasteiger partial charge in [0.25, 0.3) is 5.56 Å². The predicted molar refractivity (Wildman–Crippen MR) is 124 cm³/mol. The van der Waals surface area contributed by atoms with Crippen LogP contribution in [0.4, 0.5) is 0 Å². The summed E-state index contributed by atoms with van der Waals surface area (Å²) in [7, 11) is 0. The molecular formula is C24H28N4OS. The summed E-state index contributed by atoms with van der Waals surface area (Å²) < 4.78 is 3.99. The molecule has 3 aromatic heterocycles. The number of aryl methyl sites for hydroxylation is 1. The van der Waals surface area contributed by atoms with Crippen molar-refractivity contribution in [2.24, 2.45) is 0 Å². The summed E-state index contributed by atoms with van der Waals surface area (Å²) in [5.74, 6) is 0.